The van der Waals surface area contributed by atoms with Gasteiger partial charge in [-0.05, 0) is 24.0 Å². The Labute approximate surface area is 136 Å². The molecule has 0 spiro atoms. The van der Waals surface area contributed by atoms with Crippen LogP contribution in [-0.2, 0) is 22.5 Å². The molecule has 0 radical (unpaired) electrons. The highest BCUT2D eigenvalue weighted by atomic mass is 16.5. The van der Waals surface area contributed by atoms with E-state index >= 15 is 0 Å². The Kier molecular flexibility index (Phi) is 5.27. The summed E-state index contributed by atoms with van der Waals surface area (Å²) in [5.41, 5.74) is 2.63. The lowest BCUT2D eigenvalue weighted by molar-refractivity contribution is -0.132. The van der Waals surface area contributed by atoms with Gasteiger partial charge in [-0.15, -0.1) is 0 Å². The van der Waals surface area contributed by atoms with E-state index in [1.54, 1.807) is 0 Å². The van der Waals surface area contributed by atoms with E-state index in [4.69, 9.17) is 9.84 Å². The number of nitrogens with one attached hydrogen (secondary N) is 1. The summed E-state index contributed by atoms with van der Waals surface area (Å²) in [6.45, 7) is 2.15. The fourth-order valence-corrected chi connectivity index (χ4v) is 3.34. The minimum absolute atomic E-state index is 0.0907. The molecule has 0 saturated carbocycles. The standard InChI is InChI=1S/C17H24N2O4/c20-11-15-17(22)14(6-8-23-15)18-16(21)10-19-7-5-12-3-1-2-4-13(12)9-19/h1-4,14-15,17,20,22H,5-11H2,(H,18,21)/t14-,15+,17-/m0/s1. The molecule has 1 saturated heterocycles. The molecule has 3 rings (SSSR count). The quantitative estimate of drug-likeness (QED) is 0.708. The van der Waals surface area contributed by atoms with Crippen LogP contribution in [0.25, 0.3) is 0 Å². The molecule has 6 nitrogen and oxygen atoms in total. The van der Waals surface area contributed by atoms with E-state index in [1.165, 1.54) is 11.1 Å². The molecule has 2 aliphatic rings. The van der Waals surface area contributed by atoms with Crippen LogP contribution >= 0.6 is 0 Å². The molecule has 0 aliphatic carbocycles. The molecule has 3 N–H and O–H groups in total. The van der Waals surface area contributed by atoms with E-state index in [-0.39, 0.29) is 18.6 Å². The van der Waals surface area contributed by atoms with Crippen LogP contribution in [0.5, 0.6) is 0 Å². The second-order valence-corrected chi connectivity index (χ2v) is 6.27. The Morgan fingerprint density at radius 1 is 1.35 bits per heavy atom. The van der Waals surface area contributed by atoms with Crippen molar-refractivity contribution >= 4 is 5.91 Å². The summed E-state index contributed by atoms with van der Waals surface area (Å²) in [4.78, 5) is 14.4. The van der Waals surface area contributed by atoms with Crippen LogP contribution in [0, 0.1) is 0 Å². The zero-order valence-corrected chi connectivity index (χ0v) is 13.1. The minimum Gasteiger partial charge on any atom is -0.394 e. The van der Waals surface area contributed by atoms with E-state index in [1.807, 2.05) is 12.1 Å². The van der Waals surface area contributed by atoms with Crippen LogP contribution in [0.15, 0.2) is 24.3 Å². The lowest BCUT2D eigenvalue weighted by Crippen LogP contribution is -2.55. The maximum atomic E-state index is 12.3. The lowest BCUT2D eigenvalue weighted by atomic mass is 9.99. The Balaban J connectivity index is 1.52. The average Bonchev–Trinajstić information content (AvgIpc) is 2.56. The van der Waals surface area contributed by atoms with Gasteiger partial charge in [0.1, 0.15) is 12.2 Å². The number of hydrogen-bond acceptors (Lipinski definition) is 5. The molecule has 0 unspecified atom stereocenters. The van der Waals surface area contributed by atoms with Gasteiger partial charge >= 0.3 is 0 Å². The van der Waals surface area contributed by atoms with E-state index < -0.39 is 12.2 Å². The monoisotopic (exact) mass is 320 g/mol. The van der Waals surface area contributed by atoms with Crippen LogP contribution in [0.3, 0.4) is 0 Å². The smallest absolute Gasteiger partial charge is 0.234 e. The number of rotatable bonds is 4. The number of aliphatic hydroxyl groups is 2. The summed E-state index contributed by atoms with van der Waals surface area (Å²) >= 11 is 0. The largest absolute Gasteiger partial charge is 0.394 e. The number of hydrogen-bond donors (Lipinski definition) is 3. The van der Waals surface area contributed by atoms with Crippen LogP contribution < -0.4 is 5.32 Å². The van der Waals surface area contributed by atoms with Crippen molar-refractivity contribution in [1.29, 1.82) is 0 Å². The first kappa shape index (κ1) is 16.4. The van der Waals surface area contributed by atoms with Gasteiger partial charge in [0.2, 0.25) is 5.91 Å². The molecular formula is C17H24N2O4. The van der Waals surface area contributed by atoms with Crippen LogP contribution in [0.1, 0.15) is 17.5 Å². The molecule has 0 aromatic heterocycles. The molecule has 1 aromatic rings. The summed E-state index contributed by atoms with van der Waals surface area (Å²) in [7, 11) is 0. The zero-order valence-electron chi connectivity index (χ0n) is 13.1. The van der Waals surface area contributed by atoms with Gasteiger partial charge in [0.25, 0.3) is 0 Å². The van der Waals surface area contributed by atoms with E-state index in [2.05, 4.69) is 22.3 Å². The van der Waals surface area contributed by atoms with Crippen LogP contribution in [0.4, 0.5) is 0 Å². The first-order chi connectivity index (χ1) is 11.2. The van der Waals surface area contributed by atoms with Gasteiger partial charge in [0.05, 0.1) is 19.2 Å². The normalized spacial score (nSPS) is 28.2. The summed E-state index contributed by atoms with van der Waals surface area (Å²) < 4.78 is 5.28. The lowest BCUT2D eigenvalue weighted by Gasteiger charge is -2.35. The van der Waals surface area contributed by atoms with Crippen molar-refractivity contribution in [2.75, 3.05) is 26.3 Å². The average molecular weight is 320 g/mol. The van der Waals surface area contributed by atoms with Crippen molar-refractivity contribution in [2.24, 2.45) is 0 Å². The number of ether oxygens (including phenoxy) is 1. The summed E-state index contributed by atoms with van der Waals surface area (Å²) in [5, 5.41) is 22.1. The Morgan fingerprint density at radius 3 is 2.91 bits per heavy atom. The molecule has 2 heterocycles. The predicted octanol–water partition coefficient (Wildman–Crippen LogP) is -0.328. The number of amides is 1. The predicted molar refractivity (Wildman–Crippen MR) is 84.8 cm³/mol. The third-order valence-electron chi connectivity index (χ3n) is 4.66. The topological polar surface area (TPSA) is 82.0 Å². The van der Waals surface area contributed by atoms with Gasteiger partial charge in [0.15, 0.2) is 0 Å². The molecule has 23 heavy (non-hydrogen) atoms. The Bertz CT molecular complexity index is 551. The SMILES string of the molecule is O=C(CN1CCc2ccccc2C1)N[C@H]1CCO[C@H](CO)[C@H]1O. The maximum Gasteiger partial charge on any atom is 0.234 e. The highest BCUT2D eigenvalue weighted by molar-refractivity contribution is 5.78. The first-order valence-corrected chi connectivity index (χ1v) is 8.16. The highest BCUT2D eigenvalue weighted by Gasteiger charge is 2.33. The van der Waals surface area contributed by atoms with Gasteiger partial charge in [-0.3, -0.25) is 9.69 Å². The number of benzene rings is 1. The Morgan fingerprint density at radius 2 is 2.13 bits per heavy atom. The number of nitrogens with zero attached hydrogens (tertiary/aromatic N) is 1. The third-order valence-corrected chi connectivity index (χ3v) is 4.66. The van der Waals surface area contributed by atoms with Crippen molar-refractivity contribution in [3.63, 3.8) is 0 Å². The number of carbonyl (C=O) groups is 1. The molecule has 0 bridgehead atoms. The second-order valence-electron chi connectivity index (χ2n) is 6.27. The van der Waals surface area contributed by atoms with Crippen molar-refractivity contribution < 1.29 is 19.7 Å². The molecule has 126 valence electrons. The summed E-state index contributed by atoms with van der Waals surface area (Å²) in [5.74, 6) is -0.0907. The van der Waals surface area contributed by atoms with Gasteiger partial charge in [0, 0.05) is 19.7 Å². The fraction of sp³-hybridized carbons (Fsp3) is 0.588. The van der Waals surface area contributed by atoms with E-state index in [9.17, 15) is 9.90 Å². The van der Waals surface area contributed by atoms with Crippen molar-refractivity contribution in [1.82, 2.24) is 10.2 Å². The van der Waals surface area contributed by atoms with Crippen molar-refractivity contribution in [3.8, 4) is 0 Å². The summed E-state index contributed by atoms with van der Waals surface area (Å²) in [6, 6.07) is 7.96. The van der Waals surface area contributed by atoms with E-state index in [0.717, 1.165) is 19.5 Å². The van der Waals surface area contributed by atoms with Gasteiger partial charge in [-0.1, -0.05) is 24.3 Å². The van der Waals surface area contributed by atoms with Gasteiger partial charge in [-0.25, -0.2) is 0 Å². The molecule has 1 aromatic carbocycles. The van der Waals surface area contributed by atoms with Gasteiger partial charge < -0.3 is 20.3 Å². The first-order valence-electron chi connectivity index (χ1n) is 8.16. The van der Waals surface area contributed by atoms with Crippen molar-refractivity contribution in [3.05, 3.63) is 35.4 Å². The summed E-state index contributed by atoms with van der Waals surface area (Å²) in [6.07, 6.45) is 0.0398. The van der Waals surface area contributed by atoms with Crippen molar-refractivity contribution in [2.45, 2.75) is 37.6 Å². The second kappa shape index (κ2) is 7.40. The minimum atomic E-state index is -0.861. The Hall–Kier alpha value is -1.47. The van der Waals surface area contributed by atoms with Crippen LogP contribution in [-0.4, -0.2) is 65.6 Å². The molecule has 1 amide bonds. The highest BCUT2D eigenvalue weighted by Crippen LogP contribution is 2.18. The molecule has 1 fully saturated rings. The van der Waals surface area contributed by atoms with Gasteiger partial charge in [-0.2, -0.15) is 0 Å². The van der Waals surface area contributed by atoms with Crippen LogP contribution in [0.2, 0.25) is 0 Å². The number of carbonyl (C=O) groups excluding carboxylic acids is 1. The molecular weight excluding hydrogens is 296 g/mol. The fourth-order valence-electron chi connectivity index (χ4n) is 3.34. The van der Waals surface area contributed by atoms with E-state index in [0.29, 0.717) is 19.6 Å². The zero-order chi connectivity index (χ0) is 16.2. The third kappa shape index (κ3) is 3.90. The number of aliphatic hydroxyl groups excluding tert-OH is 2. The number of fused-ring (bicyclic) bond motifs is 1. The molecule has 2 aliphatic heterocycles. The maximum absolute atomic E-state index is 12.3. The molecule has 3 atom stereocenters. The molecule has 6 heteroatoms.